The van der Waals surface area contributed by atoms with Gasteiger partial charge in [-0.05, 0) is 42.2 Å². The topological polar surface area (TPSA) is 41.6 Å². The van der Waals surface area contributed by atoms with Gasteiger partial charge in [0.05, 0.1) is 7.11 Å². The van der Waals surface area contributed by atoms with Gasteiger partial charge in [0.1, 0.15) is 5.75 Å². The highest BCUT2D eigenvalue weighted by molar-refractivity contribution is 5.82. The van der Waals surface area contributed by atoms with Crippen molar-refractivity contribution in [2.45, 2.75) is 49.9 Å². The molecule has 0 radical (unpaired) electrons. The van der Waals surface area contributed by atoms with Crippen molar-refractivity contribution in [3.63, 3.8) is 0 Å². The largest absolute Gasteiger partial charge is 0.497 e. The molecule has 1 saturated carbocycles. The van der Waals surface area contributed by atoms with Crippen LogP contribution in [-0.4, -0.2) is 31.8 Å². The molecule has 0 bridgehead atoms. The number of methoxy groups -OCH3 is 1. The summed E-state index contributed by atoms with van der Waals surface area (Å²) in [4.78, 5) is 14.0. The molecule has 2 aromatic carbocycles. The minimum atomic E-state index is -4.89. The van der Waals surface area contributed by atoms with E-state index in [0.717, 1.165) is 36.1 Å². The summed E-state index contributed by atoms with van der Waals surface area (Å²) in [7, 11) is 1.58. The highest BCUT2D eigenvalue weighted by atomic mass is 19.4. The number of nitrogens with one attached hydrogen (secondary N) is 1. The lowest BCUT2D eigenvalue weighted by atomic mass is 9.67. The zero-order valence-electron chi connectivity index (χ0n) is 16.8. The van der Waals surface area contributed by atoms with Gasteiger partial charge in [0.2, 0.25) is 0 Å². The van der Waals surface area contributed by atoms with Crippen LogP contribution in [0, 0.1) is 0 Å². The van der Waals surface area contributed by atoms with Crippen LogP contribution < -0.4 is 15.0 Å². The number of hydrogen-bond donors (Lipinski definition) is 1. The van der Waals surface area contributed by atoms with E-state index in [1.165, 1.54) is 0 Å². The van der Waals surface area contributed by atoms with Gasteiger partial charge in [-0.15, -0.1) is 0 Å². The Morgan fingerprint density at radius 1 is 1.20 bits per heavy atom. The first-order chi connectivity index (χ1) is 14.3. The van der Waals surface area contributed by atoms with Crippen molar-refractivity contribution in [2.24, 2.45) is 0 Å². The van der Waals surface area contributed by atoms with Crippen molar-refractivity contribution >= 4 is 11.6 Å². The first-order valence-electron chi connectivity index (χ1n) is 10.2. The Morgan fingerprint density at radius 2 is 1.97 bits per heavy atom. The van der Waals surface area contributed by atoms with Crippen molar-refractivity contribution in [1.82, 2.24) is 5.32 Å². The molecule has 0 saturated heterocycles. The summed E-state index contributed by atoms with van der Waals surface area (Å²) >= 11 is 0. The molecule has 1 amide bonds. The summed E-state index contributed by atoms with van der Waals surface area (Å²) in [5, 5.41) is 2.32. The summed E-state index contributed by atoms with van der Waals surface area (Å²) in [5.41, 5.74) is 2.51. The number of halogens is 3. The van der Waals surface area contributed by atoms with Crippen LogP contribution >= 0.6 is 0 Å². The molecule has 1 spiro atoms. The number of benzene rings is 2. The second-order valence-corrected chi connectivity index (χ2v) is 8.15. The zero-order valence-corrected chi connectivity index (χ0v) is 16.8. The molecular weight excluding hydrogens is 393 g/mol. The fraction of sp³-hybridized carbons (Fsp3) is 0.435. The van der Waals surface area contributed by atoms with E-state index in [2.05, 4.69) is 10.2 Å². The first-order valence-corrected chi connectivity index (χ1v) is 10.2. The van der Waals surface area contributed by atoms with E-state index in [1.807, 2.05) is 48.5 Å². The Labute approximate surface area is 174 Å². The lowest BCUT2D eigenvalue weighted by Gasteiger charge is -2.42. The molecule has 1 heterocycles. The molecule has 2 aliphatic rings. The molecule has 2 atom stereocenters. The minimum Gasteiger partial charge on any atom is -0.497 e. The van der Waals surface area contributed by atoms with Crippen molar-refractivity contribution in [3.05, 3.63) is 59.7 Å². The van der Waals surface area contributed by atoms with Crippen molar-refractivity contribution in [2.75, 3.05) is 18.6 Å². The van der Waals surface area contributed by atoms with Crippen LogP contribution in [-0.2, 0) is 16.8 Å². The molecule has 2 unspecified atom stereocenters. The van der Waals surface area contributed by atoms with Gasteiger partial charge in [-0.25, -0.2) is 0 Å². The van der Waals surface area contributed by atoms with E-state index in [1.54, 1.807) is 7.11 Å². The number of amides is 1. The number of alkyl halides is 3. The van der Waals surface area contributed by atoms with Crippen LogP contribution in [0.5, 0.6) is 5.75 Å². The summed E-state index contributed by atoms with van der Waals surface area (Å²) < 4.78 is 44.5. The van der Waals surface area contributed by atoms with Crippen molar-refractivity contribution in [1.29, 1.82) is 0 Å². The van der Waals surface area contributed by atoms with Crippen LogP contribution in [0.15, 0.2) is 48.5 Å². The van der Waals surface area contributed by atoms with Gasteiger partial charge in [-0.2, -0.15) is 13.2 Å². The normalized spacial score (nSPS) is 23.3. The molecule has 2 aromatic rings. The molecule has 160 valence electrons. The molecule has 4 rings (SSSR count). The molecule has 1 aliphatic carbocycles. The monoisotopic (exact) mass is 418 g/mol. The highest BCUT2D eigenvalue weighted by Gasteiger charge is 2.52. The molecule has 1 aliphatic heterocycles. The minimum absolute atomic E-state index is 0.525. The van der Waals surface area contributed by atoms with Crippen LogP contribution in [0.2, 0.25) is 0 Å². The van der Waals surface area contributed by atoms with Gasteiger partial charge in [-0.3, -0.25) is 4.79 Å². The van der Waals surface area contributed by atoms with Crippen LogP contribution in [0.25, 0.3) is 0 Å². The Morgan fingerprint density at radius 3 is 2.67 bits per heavy atom. The molecule has 1 N–H and O–H groups in total. The third-order valence-electron chi connectivity index (χ3n) is 6.37. The second kappa shape index (κ2) is 7.85. The van der Waals surface area contributed by atoms with E-state index >= 15 is 0 Å². The van der Waals surface area contributed by atoms with Gasteiger partial charge in [0.25, 0.3) is 0 Å². The van der Waals surface area contributed by atoms with Crippen molar-refractivity contribution < 1.29 is 22.7 Å². The van der Waals surface area contributed by atoms with E-state index in [9.17, 15) is 18.0 Å². The first kappa shape index (κ1) is 20.6. The third-order valence-corrected chi connectivity index (χ3v) is 6.37. The standard InChI is InChI=1S/C23H25F3N2O2/c1-30-17-10-11-19-18(13-17)22(15-28(19)14-16-7-3-2-4-8-16)12-6-5-9-20(22)27-21(29)23(24,25)26/h2-4,7-8,10-11,13,20H,5-6,9,12,14-15H2,1H3,(H,27,29). The molecule has 0 aromatic heterocycles. The third kappa shape index (κ3) is 3.73. The fourth-order valence-corrected chi connectivity index (χ4v) is 4.97. The van der Waals surface area contributed by atoms with E-state index in [-0.39, 0.29) is 0 Å². The van der Waals surface area contributed by atoms with Gasteiger partial charge in [0, 0.05) is 30.2 Å². The van der Waals surface area contributed by atoms with Gasteiger partial charge >= 0.3 is 12.1 Å². The Balaban J connectivity index is 1.73. The lowest BCUT2D eigenvalue weighted by Crippen LogP contribution is -2.56. The van der Waals surface area contributed by atoms with E-state index < -0.39 is 23.5 Å². The quantitative estimate of drug-likeness (QED) is 0.791. The van der Waals surface area contributed by atoms with E-state index in [4.69, 9.17) is 4.74 Å². The van der Waals surface area contributed by atoms with Gasteiger partial charge in [0.15, 0.2) is 0 Å². The Hall–Kier alpha value is -2.70. The SMILES string of the molecule is COc1ccc2c(c1)C1(CCCCC1NC(=O)C(F)(F)F)CN2Cc1ccccc1. The summed E-state index contributed by atoms with van der Waals surface area (Å²) in [5.74, 6) is -1.19. The maximum atomic E-state index is 13.0. The van der Waals surface area contributed by atoms with Crippen molar-refractivity contribution in [3.8, 4) is 5.75 Å². The molecule has 7 heteroatoms. The summed E-state index contributed by atoms with van der Waals surface area (Å²) in [6.45, 7) is 1.22. The second-order valence-electron chi connectivity index (χ2n) is 8.15. The number of carbonyl (C=O) groups is 1. The van der Waals surface area contributed by atoms with E-state index in [0.29, 0.717) is 25.3 Å². The average molecular weight is 418 g/mol. The molecular formula is C23H25F3N2O2. The predicted octanol–water partition coefficient (Wildman–Crippen LogP) is 4.57. The maximum absolute atomic E-state index is 13.0. The number of fused-ring (bicyclic) bond motifs is 2. The number of anilines is 1. The summed E-state index contributed by atoms with van der Waals surface area (Å²) in [6, 6.07) is 15.2. The number of hydrogen-bond acceptors (Lipinski definition) is 3. The highest BCUT2D eigenvalue weighted by Crippen LogP contribution is 2.51. The lowest BCUT2D eigenvalue weighted by molar-refractivity contribution is -0.175. The molecule has 1 fully saturated rings. The zero-order chi connectivity index (χ0) is 21.4. The summed E-state index contributed by atoms with van der Waals surface area (Å²) in [6.07, 6.45) is -1.94. The van der Waals surface area contributed by atoms with Crippen LogP contribution in [0.3, 0.4) is 0 Å². The Bertz CT molecular complexity index is 916. The average Bonchev–Trinajstić information content (AvgIpc) is 3.03. The van der Waals surface area contributed by atoms with Crippen LogP contribution in [0.1, 0.15) is 36.8 Å². The van der Waals surface area contributed by atoms with Gasteiger partial charge in [-0.1, -0.05) is 43.2 Å². The number of carbonyl (C=O) groups excluding carboxylic acids is 1. The maximum Gasteiger partial charge on any atom is 0.471 e. The fourth-order valence-electron chi connectivity index (χ4n) is 4.97. The Kier molecular flexibility index (Phi) is 5.38. The molecule has 4 nitrogen and oxygen atoms in total. The number of rotatable bonds is 4. The van der Waals surface area contributed by atoms with Gasteiger partial charge < -0.3 is 15.0 Å². The number of ether oxygens (including phenoxy) is 1. The number of nitrogens with zero attached hydrogens (tertiary/aromatic N) is 1. The predicted molar refractivity (Wildman–Crippen MR) is 109 cm³/mol. The van der Waals surface area contributed by atoms with Crippen LogP contribution in [0.4, 0.5) is 18.9 Å². The molecule has 30 heavy (non-hydrogen) atoms. The smallest absolute Gasteiger partial charge is 0.471 e.